The van der Waals surface area contributed by atoms with E-state index in [0.717, 1.165) is 4.47 Å². The highest BCUT2D eigenvalue weighted by Gasteiger charge is 2.31. The summed E-state index contributed by atoms with van der Waals surface area (Å²) in [7, 11) is -1.34. The fraction of sp³-hybridized carbons (Fsp3) is 0.462. The molecule has 2 heterocycles. The molecule has 0 unspecified atom stereocenters. The van der Waals surface area contributed by atoms with Crippen LogP contribution in [0, 0.1) is 0 Å². The van der Waals surface area contributed by atoms with E-state index in [1.165, 1.54) is 29.0 Å². The van der Waals surface area contributed by atoms with Crippen molar-refractivity contribution in [3.63, 3.8) is 0 Å². The molecule has 0 N–H and O–H groups in total. The highest BCUT2D eigenvalue weighted by molar-refractivity contribution is 9.10. The van der Waals surface area contributed by atoms with E-state index >= 15 is 0 Å². The maximum atomic E-state index is 4.81. The predicted molar refractivity (Wildman–Crippen MR) is 79.7 cm³/mol. The maximum absolute atomic E-state index is 4.81. The molecule has 0 aliphatic carbocycles. The van der Waals surface area contributed by atoms with E-state index in [-0.39, 0.29) is 0 Å². The van der Waals surface area contributed by atoms with Crippen LogP contribution >= 0.6 is 15.9 Å². The summed E-state index contributed by atoms with van der Waals surface area (Å²) in [5.74, 6) is 0. The molecule has 2 aromatic heterocycles. The van der Waals surface area contributed by atoms with Gasteiger partial charge in [-0.3, -0.25) is 0 Å². The Hall–Kier alpha value is -0.613. The number of rotatable bonds is 4. The standard InChI is InChI=1S/C13H19BrN2Si/c1-4-17(5-2,6-3)13-9-12-8-7-11(14)10-16(12)15-13/h7-10H,4-6H2,1-3H3. The summed E-state index contributed by atoms with van der Waals surface area (Å²) in [6, 6.07) is 10.3. The third kappa shape index (κ3) is 2.20. The Morgan fingerprint density at radius 1 is 1.18 bits per heavy atom. The Kier molecular flexibility index (Phi) is 3.73. The molecule has 92 valence electrons. The first-order valence-corrected chi connectivity index (χ1v) is 9.72. The van der Waals surface area contributed by atoms with Crippen molar-refractivity contribution in [2.24, 2.45) is 0 Å². The molecule has 0 atom stereocenters. The van der Waals surface area contributed by atoms with Gasteiger partial charge in [-0.1, -0.05) is 38.9 Å². The van der Waals surface area contributed by atoms with Gasteiger partial charge in [-0.2, -0.15) is 5.10 Å². The van der Waals surface area contributed by atoms with E-state index in [0.29, 0.717) is 0 Å². The SMILES string of the molecule is CC[Si](CC)(CC)c1cc2ccc(Br)cn2n1. The topological polar surface area (TPSA) is 17.3 Å². The van der Waals surface area contributed by atoms with Crippen LogP contribution in [0.25, 0.3) is 5.52 Å². The zero-order chi connectivity index (χ0) is 12.5. The van der Waals surface area contributed by atoms with Crippen LogP contribution in [0.2, 0.25) is 18.1 Å². The van der Waals surface area contributed by atoms with Gasteiger partial charge >= 0.3 is 0 Å². The van der Waals surface area contributed by atoms with Crippen molar-refractivity contribution >= 4 is 34.8 Å². The number of halogens is 1. The summed E-state index contributed by atoms with van der Waals surface area (Å²) in [6.45, 7) is 6.96. The molecule has 0 bridgehead atoms. The Labute approximate surface area is 112 Å². The minimum absolute atomic E-state index is 1.08. The lowest BCUT2D eigenvalue weighted by molar-refractivity contribution is 0.963. The Bertz CT molecular complexity index is 509. The summed E-state index contributed by atoms with van der Waals surface area (Å²) < 4.78 is 3.08. The van der Waals surface area contributed by atoms with Crippen LogP contribution in [0.5, 0.6) is 0 Å². The first-order valence-electron chi connectivity index (χ1n) is 6.30. The summed E-state index contributed by atoms with van der Waals surface area (Å²) in [6.07, 6.45) is 2.04. The van der Waals surface area contributed by atoms with Crippen LogP contribution in [0.3, 0.4) is 0 Å². The van der Waals surface area contributed by atoms with Crippen molar-refractivity contribution < 1.29 is 0 Å². The predicted octanol–water partition coefficient (Wildman–Crippen LogP) is 3.81. The molecule has 0 aromatic carbocycles. The van der Waals surface area contributed by atoms with Gasteiger partial charge in [0, 0.05) is 16.0 Å². The average Bonchev–Trinajstić information content (AvgIpc) is 2.75. The van der Waals surface area contributed by atoms with Crippen molar-refractivity contribution in [2.45, 2.75) is 38.9 Å². The smallest absolute Gasteiger partial charge is 0.112 e. The monoisotopic (exact) mass is 310 g/mol. The van der Waals surface area contributed by atoms with Gasteiger partial charge in [0.2, 0.25) is 0 Å². The molecular formula is C13H19BrN2Si. The molecule has 2 aromatic rings. The number of hydrogen-bond donors (Lipinski definition) is 0. The Morgan fingerprint density at radius 3 is 2.41 bits per heavy atom. The number of aromatic nitrogens is 2. The minimum atomic E-state index is -1.34. The quantitative estimate of drug-likeness (QED) is 0.785. The first-order chi connectivity index (χ1) is 8.15. The second-order valence-corrected chi connectivity index (χ2v) is 10.7. The lowest BCUT2D eigenvalue weighted by atomic mass is 10.4. The van der Waals surface area contributed by atoms with Crippen molar-refractivity contribution in [3.05, 3.63) is 28.9 Å². The van der Waals surface area contributed by atoms with Gasteiger partial charge in [-0.25, -0.2) is 4.52 Å². The van der Waals surface area contributed by atoms with Gasteiger partial charge in [0.25, 0.3) is 0 Å². The number of hydrogen-bond acceptors (Lipinski definition) is 1. The van der Waals surface area contributed by atoms with Gasteiger partial charge in [-0.15, -0.1) is 0 Å². The first kappa shape index (κ1) is 12.8. The van der Waals surface area contributed by atoms with Crippen LogP contribution in [-0.2, 0) is 0 Å². The maximum Gasteiger partial charge on any atom is 0.112 e. The second-order valence-electron chi connectivity index (χ2n) is 4.59. The second kappa shape index (κ2) is 4.94. The van der Waals surface area contributed by atoms with E-state index in [4.69, 9.17) is 5.10 Å². The van der Waals surface area contributed by atoms with Crippen LogP contribution in [0.1, 0.15) is 20.8 Å². The van der Waals surface area contributed by atoms with Gasteiger partial charge in [0.15, 0.2) is 0 Å². The average molecular weight is 311 g/mol. The van der Waals surface area contributed by atoms with E-state index in [2.05, 4.69) is 54.9 Å². The molecule has 0 aliphatic rings. The zero-order valence-electron chi connectivity index (χ0n) is 10.7. The van der Waals surface area contributed by atoms with Crippen LogP contribution in [0.15, 0.2) is 28.9 Å². The van der Waals surface area contributed by atoms with Gasteiger partial charge in [0.1, 0.15) is 8.07 Å². The Morgan fingerprint density at radius 2 is 1.82 bits per heavy atom. The zero-order valence-corrected chi connectivity index (χ0v) is 13.3. The lowest BCUT2D eigenvalue weighted by Gasteiger charge is -2.25. The molecule has 4 heteroatoms. The molecule has 2 rings (SSSR count). The fourth-order valence-electron chi connectivity index (χ4n) is 2.51. The summed E-state index contributed by atoms with van der Waals surface area (Å²) in [5, 5.41) is 6.17. The number of pyridine rings is 1. The molecule has 0 aliphatic heterocycles. The molecule has 17 heavy (non-hydrogen) atoms. The van der Waals surface area contributed by atoms with E-state index in [9.17, 15) is 0 Å². The van der Waals surface area contributed by atoms with Crippen LogP contribution in [-0.4, -0.2) is 17.7 Å². The molecule has 0 radical (unpaired) electrons. The molecule has 0 fully saturated rings. The molecule has 2 nitrogen and oxygen atoms in total. The minimum Gasteiger partial charge on any atom is -0.240 e. The van der Waals surface area contributed by atoms with Crippen LogP contribution < -0.4 is 5.32 Å². The molecule has 0 saturated carbocycles. The van der Waals surface area contributed by atoms with E-state index in [1.807, 2.05) is 10.7 Å². The lowest BCUT2D eigenvalue weighted by Crippen LogP contribution is -2.46. The normalized spacial score (nSPS) is 12.2. The fourth-order valence-corrected chi connectivity index (χ4v) is 6.20. The van der Waals surface area contributed by atoms with Crippen LogP contribution in [0.4, 0.5) is 0 Å². The van der Waals surface area contributed by atoms with Gasteiger partial charge in [0.05, 0.1) is 5.52 Å². The Balaban J connectivity index is 2.55. The van der Waals surface area contributed by atoms with E-state index < -0.39 is 8.07 Å². The number of fused-ring (bicyclic) bond motifs is 1. The van der Waals surface area contributed by atoms with Gasteiger partial charge in [-0.05, 0) is 34.1 Å². The molecule has 0 saturated heterocycles. The largest absolute Gasteiger partial charge is 0.240 e. The summed E-state index contributed by atoms with van der Waals surface area (Å²) >= 11 is 3.49. The van der Waals surface area contributed by atoms with Crippen molar-refractivity contribution in [1.29, 1.82) is 0 Å². The van der Waals surface area contributed by atoms with Crippen molar-refractivity contribution in [3.8, 4) is 0 Å². The molecular weight excluding hydrogens is 292 g/mol. The summed E-state index contributed by atoms with van der Waals surface area (Å²) in [4.78, 5) is 0. The van der Waals surface area contributed by atoms with Crippen molar-refractivity contribution in [2.75, 3.05) is 0 Å². The molecule has 0 amide bonds. The van der Waals surface area contributed by atoms with Crippen molar-refractivity contribution in [1.82, 2.24) is 9.61 Å². The third-order valence-corrected chi connectivity index (χ3v) is 9.86. The molecule has 0 spiro atoms. The van der Waals surface area contributed by atoms with Gasteiger partial charge < -0.3 is 0 Å². The highest BCUT2D eigenvalue weighted by atomic mass is 79.9. The third-order valence-electron chi connectivity index (χ3n) is 4.00. The number of nitrogens with zero attached hydrogens (tertiary/aromatic N) is 2. The summed E-state index contributed by atoms with van der Waals surface area (Å²) in [5.41, 5.74) is 1.20. The highest BCUT2D eigenvalue weighted by Crippen LogP contribution is 2.20. The van der Waals surface area contributed by atoms with E-state index in [1.54, 1.807) is 0 Å².